The van der Waals surface area contributed by atoms with Crippen molar-refractivity contribution in [2.45, 2.75) is 58.5 Å². The van der Waals surface area contributed by atoms with Crippen LogP contribution in [0.2, 0.25) is 0 Å². The first-order chi connectivity index (χ1) is 9.65. The lowest BCUT2D eigenvalue weighted by atomic mass is 10.1. The van der Waals surface area contributed by atoms with E-state index in [1.807, 2.05) is 4.68 Å². The van der Waals surface area contributed by atoms with E-state index in [1.54, 1.807) is 0 Å². The van der Waals surface area contributed by atoms with Gasteiger partial charge in [-0.2, -0.15) is 5.10 Å². The van der Waals surface area contributed by atoms with Gasteiger partial charge in [0.15, 0.2) is 5.82 Å². The van der Waals surface area contributed by atoms with E-state index in [2.05, 4.69) is 55.7 Å². The standard InChI is InChI=1S/C14H20BrN5/c1-10(2)11-8-12(15)20(18-11)9-14-17-16-13-6-4-3-5-7-19(13)14/h8,10H,3-7,9H2,1-2H3. The van der Waals surface area contributed by atoms with Gasteiger partial charge >= 0.3 is 0 Å². The average Bonchev–Trinajstić information content (AvgIpc) is 2.87. The van der Waals surface area contributed by atoms with E-state index in [4.69, 9.17) is 0 Å². The zero-order valence-electron chi connectivity index (χ0n) is 12.0. The van der Waals surface area contributed by atoms with E-state index >= 15 is 0 Å². The predicted molar refractivity (Wildman–Crippen MR) is 80.7 cm³/mol. The van der Waals surface area contributed by atoms with Crippen molar-refractivity contribution in [3.63, 3.8) is 0 Å². The van der Waals surface area contributed by atoms with Crippen LogP contribution in [0.25, 0.3) is 0 Å². The van der Waals surface area contributed by atoms with Crippen molar-refractivity contribution in [3.05, 3.63) is 28.0 Å². The van der Waals surface area contributed by atoms with Crippen LogP contribution in [0.15, 0.2) is 10.7 Å². The summed E-state index contributed by atoms with van der Waals surface area (Å²) in [5.41, 5.74) is 1.10. The highest BCUT2D eigenvalue weighted by Gasteiger charge is 2.16. The van der Waals surface area contributed by atoms with E-state index in [1.165, 1.54) is 19.3 Å². The lowest BCUT2D eigenvalue weighted by molar-refractivity contribution is 0.559. The molecule has 0 amide bonds. The van der Waals surface area contributed by atoms with Gasteiger partial charge in [-0.1, -0.05) is 20.3 Å². The molecule has 0 radical (unpaired) electrons. The van der Waals surface area contributed by atoms with Crippen LogP contribution in [0.3, 0.4) is 0 Å². The molecule has 0 atom stereocenters. The molecule has 6 heteroatoms. The van der Waals surface area contributed by atoms with Crippen LogP contribution in [0, 0.1) is 0 Å². The molecular formula is C14H20BrN5. The molecular weight excluding hydrogens is 318 g/mol. The Morgan fingerprint density at radius 1 is 1.25 bits per heavy atom. The van der Waals surface area contributed by atoms with Crippen molar-refractivity contribution in [3.8, 4) is 0 Å². The highest BCUT2D eigenvalue weighted by atomic mass is 79.9. The van der Waals surface area contributed by atoms with Crippen molar-refractivity contribution in [2.75, 3.05) is 0 Å². The molecule has 3 rings (SSSR count). The van der Waals surface area contributed by atoms with Crippen LogP contribution in [0.4, 0.5) is 0 Å². The molecule has 2 aromatic heterocycles. The Bertz CT molecular complexity index is 599. The van der Waals surface area contributed by atoms with Gasteiger partial charge in [0.05, 0.1) is 5.69 Å². The largest absolute Gasteiger partial charge is 0.313 e. The molecule has 1 aliphatic heterocycles. The molecule has 0 saturated heterocycles. The minimum absolute atomic E-state index is 0.433. The van der Waals surface area contributed by atoms with Crippen molar-refractivity contribution in [2.24, 2.45) is 0 Å². The summed E-state index contributed by atoms with van der Waals surface area (Å²) in [5.74, 6) is 2.58. The summed E-state index contributed by atoms with van der Waals surface area (Å²) in [5, 5.41) is 13.3. The zero-order chi connectivity index (χ0) is 14.1. The molecule has 0 fully saturated rings. The SMILES string of the molecule is CC(C)c1cc(Br)n(Cc2nnc3n2CCCCC3)n1. The number of hydrogen-bond acceptors (Lipinski definition) is 3. The second-order valence-electron chi connectivity index (χ2n) is 5.70. The van der Waals surface area contributed by atoms with E-state index in [0.717, 1.165) is 34.9 Å². The minimum atomic E-state index is 0.433. The molecule has 5 nitrogen and oxygen atoms in total. The molecule has 0 saturated carbocycles. The molecule has 108 valence electrons. The number of aryl methyl sites for hydroxylation is 1. The lowest BCUT2D eigenvalue weighted by Crippen LogP contribution is -2.11. The summed E-state index contributed by atoms with van der Waals surface area (Å²) in [6.45, 7) is 6.03. The van der Waals surface area contributed by atoms with E-state index in [0.29, 0.717) is 12.5 Å². The van der Waals surface area contributed by atoms with E-state index in [-0.39, 0.29) is 0 Å². The van der Waals surface area contributed by atoms with Gasteiger partial charge in [0.1, 0.15) is 17.0 Å². The second-order valence-corrected chi connectivity index (χ2v) is 6.51. The first kappa shape index (κ1) is 13.8. The maximum atomic E-state index is 4.65. The van der Waals surface area contributed by atoms with Crippen LogP contribution < -0.4 is 0 Å². The highest BCUT2D eigenvalue weighted by molar-refractivity contribution is 9.10. The van der Waals surface area contributed by atoms with Gasteiger partial charge < -0.3 is 4.57 Å². The molecule has 1 aliphatic rings. The molecule has 0 bridgehead atoms. The molecule has 0 aromatic carbocycles. The van der Waals surface area contributed by atoms with Crippen molar-refractivity contribution < 1.29 is 0 Å². The van der Waals surface area contributed by atoms with Gasteiger partial charge in [-0.25, -0.2) is 0 Å². The smallest absolute Gasteiger partial charge is 0.154 e. The number of halogens is 1. The maximum absolute atomic E-state index is 4.65. The van der Waals surface area contributed by atoms with Crippen LogP contribution in [-0.2, 0) is 19.5 Å². The molecule has 3 heterocycles. The topological polar surface area (TPSA) is 48.5 Å². The third-order valence-electron chi connectivity index (χ3n) is 3.82. The van der Waals surface area contributed by atoms with Crippen molar-refractivity contribution in [1.29, 1.82) is 0 Å². The summed E-state index contributed by atoms with van der Waals surface area (Å²) >= 11 is 3.59. The summed E-state index contributed by atoms with van der Waals surface area (Å²) < 4.78 is 5.25. The van der Waals surface area contributed by atoms with Crippen LogP contribution >= 0.6 is 15.9 Å². The first-order valence-electron chi connectivity index (χ1n) is 7.29. The van der Waals surface area contributed by atoms with Gasteiger partial charge in [-0.15, -0.1) is 10.2 Å². The second kappa shape index (κ2) is 5.68. The normalized spacial score (nSPS) is 15.4. The van der Waals surface area contributed by atoms with Crippen LogP contribution in [0.1, 0.15) is 56.4 Å². The Kier molecular flexibility index (Phi) is 3.92. The van der Waals surface area contributed by atoms with E-state index in [9.17, 15) is 0 Å². The highest BCUT2D eigenvalue weighted by Crippen LogP contribution is 2.20. The Morgan fingerprint density at radius 3 is 2.85 bits per heavy atom. The molecule has 0 unspecified atom stereocenters. The summed E-state index contributed by atoms with van der Waals surface area (Å²) in [6.07, 6.45) is 4.77. The van der Waals surface area contributed by atoms with Gasteiger partial charge in [-0.3, -0.25) is 4.68 Å². The van der Waals surface area contributed by atoms with Gasteiger partial charge in [0.2, 0.25) is 0 Å². The minimum Gasteiger partial charge on any atom is -0.313 e. The lowest BCUT2D eigenvalue weighted by Gasteiger charge is -2.07. The molecule has 0 N–H and O–H groups in total. The summed E-state index contributed by atoms with van der Waals surface area (Å²) in [4.78, 5) is 0. The molecule has 2 aromatic rings. The summed E-state index contributed by atoms with van der Waals surface area (Å²) in [7, 11) is 0. The average molecular weight is 338 g/mol. The number of hydrogen-bond donors (Lipinski definition) is 0. The quantitative estimate of drug-likeness (QED) is 0.864. The fourth-order valence-electron chi connectivity index (χ4n) is 2.60. The fraction of sp³-hybridized carbons (Fsp3) is 0.643. The first-order valence-corrected chi connectivity index (χ1v) is 8.08. The van der Waals surface area contributed by atoms with Crippen LogP contribution in [-0.4, -0.2) is 24.5 Å². The molecule has 0 aliphatic carbocycles. The van der Waals surface area contributed by atoms with Gasteiger partial charge in [0.25, 0.3) is 0 Å². The van der Waals surface area contributed by atoms with Gasteiger partial charge in [-0.05, 0) is 40.8 Å². The van der Waals surface area contributed by atoms with Crippen molar-refractivity contribution >= 4 is 15.9 Å². The van der Waals surface area contributed by atoms with Crippen LogP contribution in [0.5, 0.6) is 0 Å². The third-order valence-corrected chi connectivity index (χ3v) is 4.46. The van der Waals surface area contributed by atoms with Gasteiger partial charge in [0, 0.05) is 13.0 Å². The fourth-order valence-corrected chi connectivity index (χ4v) is 3.04. The van der Waals surface area contributed by atoms with E-state index < -0.39 is 0 Å². The predicted octanol–water partition coefficient (Wildman–Crippen LogP) is 3.14. The Morgan fingerprint density at radius 2 is 2.10 bits per heavy atom. The molecule has 0 spiro atoms. The Hall–Kier alpha value is -1.17. The monoisotopic (exact) mass is 337 g/mol. The Labute approximate surface area is 127 Å². The number of rotatable bonds is 3. The zero-order valence-corrected chi connectivity index (χ0v) is 13.6. The maximum Gasteiger partial charge on any atom is 0.154 e. The summed E-state index contributed by atoms with van der Waals surface area (Å²) in [6, 6.07) is 2.09. The molecule has 20 heavy (non-hydrogen) atoms. The Balaban J connectivity index is 1.86. The number of aromatic nitrogens is 5. The van der Waals surface area contributed by atoms with Crippen molar-refractivity contribution in [1.82, 2.24) is 24.5 Å². The number of fused-ring (bicyclic) bond motifs is 1. The third kappa shape index (κ3) is 2.66. The number of nitrogens with zero attached hydrogens (tertiary/aromatic N) is 5.